The van der Waals surface area contributed by atoms with E-state index in [1.807, 2.05) is 35.3 Å². The molecule has 0 spiro atoms. The third-order valence-electron chi connectivity index (χ3n) is 6.47. The average molecular weight is 385 g/mol. The molecule has 2 aromatic heterocycles. The van der Waals surface area contributed by atoms with Gasteiger partial charge in [0.15, 0.2) is 6.23 Å². The zero-order valence-electron chi connectivity index (χ0n) is 17.1. The monoisotopic (exact) mass is 384 g/mol. The molecule has 6 heteroatoms. The molecule has 1 aliphatic carbocycles. The second kappa shape index (κ2) is 7.84. The molecular formula is C22H32N4O2. The molecule has 3 heterocycles. The van der Waals surface area contributed by atoms with Crippen molar-refractivity contribution >= 4 is 0 Å². The standard InChI is InChI=1S/C22H32N4O2/c1-3-22(15-23)13-21(2,14-22)16-28-17-7-8-18(24-12-17)19-9-10-25-26(19)20-6-4-5-11-27-20/h7-10,12,20H,3-6,11,13-16,23H2,1-2H3. The summed E-state index contributed by atoms with van der Waals surface area (Å²) in [6, 6.07) is 6.00. The van der Waals surface area contributed by atoms with E-state index in [1.54, 1.807) is 0 Å². The number of hydrogen-bond acceptors (Lipinski definition) is 5. The van der Waals surface area contributed by atoms with Gasteiger partial charge in [0.2, 0.25) is 0 Å². The molecule has 0 amide bonds. The lowest BCUT2D eigenvalue weighted by molar-refractivity contribution is -0.0527. The van der Waals surface area contributed by atoms with Crippen LogP contribution in [0.25, 0.3) is 11.4 Å². The van der Waals surface area contributed by atoms with Gasteiger partial charge in [0, 0.05) is 18.2 Å². The van der Waals surface area contributed by atoms with Crippen molar-refractivity contribution in [3.05, 3.63) is 30.6 Å². The number of rotatable bonds is 7. The SMILES string of the molecule is CCC1(CN)CC(C)(COc2ccc(-c3ccnn3C3CCCCO3)nc2)C1. The number of aromatic nitrogens is 3. The van der Waals surface area contributed by atoms with Crippen LogP contribution in [-0.4, -0.2) is 34.5 Å². The third kappa shape index (κ3) is 3.80. The van der Waals surface area contributed by atoms with Crippen molar-refractivity contribution < 1.29 is 9.47 Å². The Hall–Kier alpha value is -1.92. The van der Waals surface area contributed by atoms with Crippen molar-refractivity contribution in [3.8, 4) is 17.1 Å². The highest BCUT2D eigenvalue weighted by molar-refractivity contribution is 5.54. The minimum Gasteiger partial charge on any atom is -0.491 e. The first-order valence-corrected chi connectivity index (χ1v) is 10.5. The minimum absolute atomic E-state index is 0.0106. The molecular weight excluding hydrogens is 352 g/mol. The van der Waals surface area contributed by atoms with Gasteiger partial charge >= 0.3 is 0 Å². The Kier molecular flexibility index (Phi) is 5.43. The molecule has 2 fully saturated rings. The van der Waals surface area contributed by atoms with Gasteiger partial charge in [0.25, 0.3) is 0 Å². The summed E-state index contributed by atoms with van der Waals surface area (Å²) in [7, 11) is 0. The summed E-state index contributed by atoms with van der Waals surface area (Å²) in [4.78, 5) is 4.62. The van der Waals surface area contributed by atoms with E-state index < -0.39 is 0 Å². The van der Waals surface area contributed by atoms with Gasteiger partial charge in [-0.05, 0) is 68.7 Å². The lowest BCUT2D eigenvalue weighted by Crippen LogP contribution is -2.51. The topological polar surface area (TPSA) is 75.2 Å². The van der Waals surface area contributed by atoms with Gasteiger partial charge in [0.1, 0.15) is 5.75 Å². The van der Waals surface area contributed by atoms with Crippen LogP contribution in [0.3, 0.4) is 0 Å². The van der Waals surface area contributed by atoms with E-state index in [4.69, 9.17) is 15.2 Å². The molecule has 0 aromatic carbocycles. The highest BCUT2D eigenvalue weighted by Crippen LogP contribution is 2.55. The second-order valence-corrected chi connectivity index (χ2v) is 8.87. The molecule has 6 nitrogen and oxygen atoms in total. The van der Waals surface area contributed by atoms with Crippen molar-refractivity contribution in [2.24, 2.45) is 16.6 Å². The first-order chi connectivity index (χ1) is 13.6. The van der Waals surface area contributed by atoms with Gasteiger partial charge in [-0.25, -0.2) is 4.68 Å². The van der Waals surface area contributed by atoms with Crippen LogP contribution in [0.4, 0.5) is 0 Å². The van der Waals surface area contributed by atoms with Gasteiger partial charge in [-0.3, -0.25) is 4.98 Å². The summed E-state index contributed by atoms with van der Waals surface area (Å²) < 4.78 is 13.9. The zero-order chi connectivity index (χ0) is 19.6. The largest absolute Gasteiger partial charge is 0.491 e. The van der Waals surface area contributed by atoms with Crippen LogP contribution in [0.1, 0.15) is 58.6 Å². The zero-order valence-corrected chi connectivity index (χ0v) is 17.1. The van der Waals surface area contributed by atoms with Crippen LogP contribution >= 0.6 is 0 Å². The lowest BCUT2D eigenvalue weighted by atomic mass is 9.53. The smallest absolute Gasteiger partial charge is 0.150 e. The van der Waals surface area contributed by atoms with Crippen molar-refractivity contribution in [2.45, 2.75) is 58.6 Å². The highest BCUT2D eigenvalue weighted by atomic mass is 16.5. The maximum Gasteiger partial charge on any atom is 0.150 e. The fourth-order valence-electron chi connectivity index (χ4n) is 4.94. The summed E-state index contributed by atoms with van der Waals surface area (Å²) in [6.07, 6.45) is 10.4. The predicted molar refractivity (Wildman–Crippen MR) is 109 cm³/mol. The molecule has 1 aliphatic heterocycles. The number of nitrogens with zero attached hydrogens (tertiary/aromatic N) is 3. The summed E-state index contributed by atoms with van der Waals surface area (Å²) in [5.41, 5.74) is 8.38. The van der Waals surface area contributed by atoms with Crippen LogP contribution in [-0.2, 0) is 4.74 Å². The van der Waals surface area contributed by atoms with Crippen molar-refractivity contribution in [1.29, 1.82) is 0 Å². The molecule has 1 saturated heterocycles. The average Bonchev–Trinajstić information content (AvgIpc) is 3.21. The summed E-state index contributed by atoms with van der Waals surface area (Å²) in [5.74, 6) is 0.812. The molecule has 1 saturated carbocycles. The summed E-state index contributed by atoms with van der Waals surface area (Å²) >= 11 is 0. The first-order valence-electron chi connectivity index (χ1n) is 10.5. The molecule has 28 heavy (non-hydrogen) atoms. The Morgan fingerprint density at radius 2 is 2.14 bits per heavy atom. The van der Waals surface area contributed by atoms with Crippen molar-refractivity contribution in [3.63, 3.8) is 0 Å². The summed E-state index contributed by atoms with van der Waals surface area (Å²) in [5, 5.41) is 4.47. The van der Waals surface area contributed by atoms with E-state index in [-0.39, 0.29) is 11.6 Å². The number of nitrogens with two attached hydrogens (primary N) is 1. The van der Waals surface area contributed by atoms with E-state index in [0.717, 1.165) is 62.4 Å². The quantitative estimate of drug-likeness (QED) is 0.775. The molecule has 2 N–H and O–H groups in total. The Morgan fingerprint density at radius 1 is 1.29 bits per heavy atom. The van der Waals surface area contributed by atoms with Crippen LogP contribution in [0.2, 0.25) is 0 Å². The normalized spacial score (nSPS) is 30.0. The third-order valence-corrected chi connectivity index (χ3v) is 6.47. The first kappa shape index (κ1) is 19.4. The molecule has 2 aliphatic rings. The maximum absolute atomic E-state index is 6.06. The Labute approximate surface area is 167 Å². The Morgan fingerprint density at radius 3 is 2.79 bits per heavy atom. The van der Waals surface area contributed by atoms with E-state index >= 15 is 0 Å². The van der Waals surface area contributed by atoms with Gasteiger partial charge in [-0.1, -0.05) is 13.8 Å². The van der Waals surface area contributed by atoms with Crippen LogP contribution in [0, 0.1) is 10.8 Å². The molecule has 1 atom stereocenters. The molecule has 2 aromatic rings. The van der Waals surface area contributed by atoms with Crippen molar-refractivity contribution in [2.75, 3.05) is 19.8 Å². The Balaban J connectivity index is 1.38. The number of hydrogen-bond donors (Lipinski definition) is 1. The van der Waals surface area contributed by atoms with Gasteiger partial charge in [0.05, 0.1) is 24.2 Å². The van der Waals surface area contributed by atoms with Crippen LogP contribution < -0.4 is 10.5 Å². The van der Waals surface area contributed by atoms with E-state index in [0.29, 0.717) is 12.0 Å². The fourth-order valence-corrected chi connectivity index (χ4v) is 4.94. The van der Waals surface area contributed by atoms with E-state index in [2.05, 4.69) is 23.9 Å². The molecule has 1 unspecified atom stereocenters. The van der Waals surface area contributed by atoms with Gasteiger partial charge < -0.3 is 15.2 Å². The fraction of sp³-hybridized carbons (Fsp3) is 0.636. The van der Waals surface area contributed by atoms with E-state index in [1.165, 1.54) is 6.42 Å². The van der Waals surface area contributed by atoms with Crippen LogP contribution in [0.15, 0.2) is 30.6 Å². The van der Waals surface area contributed by atoms with Gasteiger partial charge in [-0.2, -0.15) is 5.10 Å². The number of pyridine rings is 1. The molecule has 4 rings (SSSR count). The summed E-state index contributed by atoms with van der Waals surface area (Å²) in [6.45, 7) is 6.81. The Bertz CT molecular complexity index is 768. The molecule has 0 bridgehead atoms. The molecule has 0 radical (unpaired) electrons. The van der Waals surface area contributed by atoms with Gasteiger partial charge in [-0.15, -0.1) is 0 Å². The second-order valence-electron chi connectivity index (χ2n) is 8.87. The predicted octanol–water partition coefficient (Wildman–Crippen LogP) is 4.18. The van der Waals surface area contributed by atoms with Crippen molar-refractivity contribution in [1.82, 2.24) is 14.8 Å². The van der Waals surface area contributed by atoms with E-state index in [9.17, 15) is 0 Å². The maximum atomic E-state index is 6.06. The highest BCUT2D eigenvalue weighted by Gasteiger charge is 2.50. The molecule has 152 valence electrons. The number of ether oxygens (including phenoxy) is 2. The van der Waals surface area contributed by atoms with Crippen LogP contribution in [0.5, 0.6) is 5.75 Å². The minimum atomic E-state index is 0.0106. The lowest BCUT2D eigenvalue weighted by Gasteiger charge is -2.54.